The van der Waals surface area contributed by atoms with E-state index in [-0.39, 0.29) is 33.3 Å². The molecule has 4 atom stereocenters. The number of anilines is 1. The van der Waals surface area contributed by atoms with Crippen LogP contribution in [0, 0.1) is 22.9 Å². The fourth-order valence-electron chi connectivity index (χ4n) is 6.68. The Labute approximate surface area is 230 Å². The number of halogens is 4. The summed E-state index contributed by atoms with van der Waals surface area (Å²) in [5.74, 6) is -5.15. The summed E-state index contributed by atoms with van der Waals surface area (Å²) in [6.45, 7) is 5.91. The summed E-state index contributed by atoms with van der Waals surface area (Å²) in [7, 11) is 0. The van der Waals surface area contributed by atoms with Crippen molar-refractivity contribution in [1.29, 1.82) is 0 Å². The second kappa shape index (κ2) is 10.1. The molecule has 2 aliphatic heterocycles. The molecular weight excluding hydrogens is 531 g/mol. The van der Waals surface area contributed by atoms with E-state index in [0.717, 1.165) is 12.1 Å². The third-order valence-corrected chi connectivity index (χ3v) is 8.63. The van der Waals surface area contributed by atoms with Crippen LogP contribution in [0.5, 0.6) is 0 Å². The van der Waals surface area contributed by atoms with Crippen molar-refractivity contribution in [2.45, 2.75) is 88.4 Å². The first kappa shape index (κ1) is 27.9. The molecule has 1 saturated heterocycles. The Bertz CT molecular complexity index is 1310. The smallest absolute Gasteiger partial charge is 0.238 e. The molecule has 0 radical (unpaired) electrons. The molecule has 1 saturated carbocycles. The predicted octanol–water partition coefficient (Wildman–Crippen LogP) is 4.93. The molecule has 0 aromatic heterocycles. The Kier molecular flexibility index (Phi) is 7.23. The van der Waals surface area contributed by atoms with Crippen LogP contribution in [0.15, 0.2) is 30.3 Å². The number of amides is 2. The van der Waals surface area contributed by atoms with Gasteiger partial charge in [-0.05, 0) is 60.8 Å². The highest BCUT2D eigenvalue weighted by Gasteiger charge is 2.66. The molecule has 2 amide bonds. The van der Waals surface area contributed by atoms with Gasteiger partial charge in [-0.25, -0.2) is 13.2 Å². The molecule has 0 bridgehead atoms. The van der Waals surface area contributed by atoms with Crippen molar-refractivity contribution in [2.24, 2.45) is 5.41 Å². The fraction of sp³-hybridized carbons (Fsp3) is 0.517. The van der Waals surface area contributed by atoms with E-state index in [9.17, 15) is 23.5 Å². The zero-order chi connectivity index (χ0) is 28.3. The Hall–Kier alpha value is -2.62. The molecule has 1 aliphatic carbocycles. The Morgan fingerprint density at radius 3 is 2.46 bits per heavy atom. The van der Waals surface area contributed by atoms with Crippen LogP contribution in [0.2, 0.25) is 5.02 Å². The van der Waals surface area contributed by atoms with Gasteiger partial charge < -0.3 is 21.1 Å². The van der Waals surface area contributed by atoms with Crippen LogP contribution < -0.4 is 16.0 Å². The normalized spacial score (nSPS) is 30.4. The van der Waals surface area contributed by atoms with Crippen LogP contribution in [0.4, 0.5) is 18.9 Å². The molecule has 0 unspecified atom stereocenters. The van der Waals surface area contributed by atoms with Gasteiger partial charge in [-0.1, -0.05) is 44.5 Å². The lowest BCUT2D eigenvalue weighted by atomic mass is 9.62. The molecular formula is C29H33ClF3N3O3. The van der Waals surface area contributed by atoms with Crippen molar-refractivity contribution in [1.82, 2.24) is 10.6 Å². The molecule has 39 heavy (non-hydrogen) atoms. The molecule has 2 aromatic rings. The van der Waals surface area contributed by atoms with Crippen LogP contribution in [0.25, 0.3) is 0 Å². The first-order valence-electron chi connectivity index (χ1n) is 13.3. The largest absolute Gasteiger partial charge is 0.393 e. The van der Waals surface area contributed by atoms with E-state index in [1.807, 2.05) is 20.8 Å². The van der Waals surface area contributed by atoms with Crippen molar-refractivity contribution in [3.05, 3.63) is 63.9 Å². The van der Waals surface area contributed by atoms with Gasteiger partial charge in [0, 0.05) is 29.8 Å². The lowest BCUT2D eigenvalue weighted by Gasteiger charge is -2.38. The Morgan fingerprint density at radius 2 is 1.79 bits per heavy atom. The highest BCUT2D eigenvalue weighted by Crippen LogP contribution is 2.57. The molecule has 210 valence electrons. The topological polar surface area (TPSA) is 90.5 Å². The van der Waals surface area contributed by atoms with Gasteiger partial charge in [0.15, 0.2) is 11.6 Å². The summed E-state index contributed by atoms with van der Waals surface area (Å²) in [5, 5.41) is 18.8. The fourth-order valence-corrected chi connectivity index (χ4v) is 6.86. The van der Waals surface area contributed by atoms with E-state index < -0.39 is 58.8 Å². The van der Waals surface area contributed by atoms with Crippen LogP contribution in [0.3, 0.4) is 0 Å². The summed E-state index contributed by atoms with van der Waals surface area (Å²) in [6.07, 6.45) is 2.22. The number of rotatable bonds is 4. The summed E-state index contributed by atoms with van der Waals surface area (Å²) < 4.78 is 44.8. The van der Waals surface area contributed by atoms with Gasteiger partial charge in [0.25, 0.3) is 0 Å². The number of nitrogens with one attached hydrogen (secondary N) is 3. The van der Waals surface area contributed by atoms with Crippen molar-refractivity contribution < 1.29 is 27.9 Å². The number of aliphatic hydroxyl groups excluding tert-OH is 1. The number of benzene rings is 2. The number of carbonyl (C=O) groups excluding carboxylic acids is 2. The van der Waals surface area contributed by atoms with Crippen molar-refractivity contribution in [2.75, 3.05) is 5.32 Å². The van der Waals surface area contributed by atoms with Crippen molar-refractivity contribution >= 4 is 29.1 Å². The minimum absolute atomic E-state index is 0.0401. The molecule has 1 spiro atoms. The van der Waals surface area contributed by atoms with Crippen LogP contribution >= 0.6 is 11.6 Å². The van der Waals surface area contributed by atoms with Gasteiger partial charge in [-0.2, -0.15) is 0 Å². The summed E-state index contributed by atoms with van der Waals surface area (Å²) in [6, 6.07) is 4.32. The Balaban J connectivity index is 1.69. The molecule has 6 nitrogen and oxygen atoms in total. The number of hydrogen-bond donors (Lipinski definition) is 4. The van der Waals surface area contributed by atoms with Gasteiger partial charge in [-0.15, -0.1) is 0 Å². The lowest BCUT2D eigenvalue weighted by molar-refractivity contribution is -0.124. The maximum Gasteiger partial charge on any atom is 0.238 e. The monoisotopic (exact) mass is 563 g/mol. The minimum Gasteiger partial charge on any atom is -0.393 e. The summed E-state index contributed by atoms with van der Waals surface area (Å²) >= 11 is 6.18. The highest BCUT2D eigenvalue weighted by molar-refractivity contribution is 6.30. The number of hydrogen-bond acceptors (Lipinski definition) is 4. The third-order valence-electron chi connectivity index (χ3n) is 8.34. The summed E-state index contributed by atoms with van der Waals surface area (Å²) in [4.78, 5) is 27.9. The molecule has 2 fully saturated rings. The second-order valence-corrected chi connectivity index (χ2v) is 12.6. The molecule has 2 heterocycles. The van der Waals surface area contributed by atoms with E-state index >= 15 is 4.39 Å². The summed E-state index contributed by atoms with van der Waals surface area (Å²) in [5.41, 5.74) is -1.68. The van der Waals surface area contributed by atoms with Crippen LogP contribution in [0.1, 0.15) is 69.9 Å². The van der Waals surface area contributed by atoms with E-state index in [0.29, 0.717) is 32.1 Å². The maximum absolute atomic E-state index is 15.8. The van der Waals surface area contributed by atoms with Crippen LogP contribution in [-0.2, 0) is 15.0 Å². The Morgan fingerprint density at radius 1 is 1.13 bits per heavy atom. The standard InChI is InChI=1S/C29H33ClF3N3O3/c1-28(2,3)13-22-29(17-11-19(31)20(32)12-21(17)35-27(29)39)23(16-5-4-6-18(30)24(16)33)25(36-22)26(38)34-14-7-9-15(37)10-8-14/h4-6,11-12,14-15,22-23,25,36-37H,7-10,13H2,1-3H3,(H,34,38)(H,35,39)/t14?,15?,22-,23-,25+,29-/m0/s1. The number of fused-ring (bicyclic) bond motifs is 2. The van der Waals surface area contributed by atoms with Gasteiger partial charge >= 0.3 is 0 Å². The first-order valence-corrected chi connectivity index (χ1v) is 13.7. The van der Waals surface area contributed by atoms with Gasteiger partial charge in [0.05, 0.1) is 17.2 Å². The predicted molar refractivity (Wildman–Crippen MR) is 142 cm³/mol. The molecule has 2 aromatic carbocycles. The lowest BCUT2D eigenvalue weighted by Crippen LogP contribution is -2.50. The van der Waals surface area contributed by atoms with E-state index in [1.165, 1.54) is 12.1 Å². The van der Waals surface area contributed by atoms with Crippen molar-refractivity contribution in [3.63, 3.8) is 0 Å². The van der Waals surface area contributed by atoms with E-state index in [2.05, 4.69) is 16.0 Å². The minimum atomic E-state index is -1.63. The zero-order valence-electron chi connectivity index (χ0n) is 22.1. The van der Waals surface area contributed by atoms with Gasteiger partial charge in [0.1, 0.15) is 11.2 Å². The average molecular weight is 564 g/mol. The molecule has 4 N–H and O–H groups in total. The SMILES string of the molecule is CC(C)(C)C[C@@H]1N[C@@H](C(=O)NC2CCC(O)CC2)[C@H](c2cccc(Cl)c2F)[C@@]12C(=O)Nc1cc(F)c(F)cc12. The average Bonchev–Trinajstić information content (AvgIpc) is 3.32. The third kappa shape index (κ3) is 4.83. The van der Waals surface area contributed by atoms with E-state index in [4.69, 9.17) is 11.6 Å². The number of aliphatic hydroxyl groups is 1. The maximum atomic E-state index is 15.8. The van der Waals surface area contributed by atoms with Crippen LogP contribution in [-0.4, -0.2) is 41.2 Å². The second-order valence-electron chi connectivity index (χ2n) is 12.2. The highest BCUT2D eigenvalue weighted by atomic mass is 35.5. The number of carbonyl (C=O) groups is 2. The molecule has 10 heteroatoms. The molecule has 5 rings (SSSR count). The first-order chi connectivity index (χ1) is 18.3. The van der Waals surface area contributed by atoms with E-state index in [1.54, 1.807) is 6.07 Å². The van der Waals surface area contributed by atoms with Gasteiger partial charge in [0.2, 0.25) is 11.8 Å². The molecule has 3 aliphatic rings. The van der Waals surface area contributed by atoms with Gasteiger partial charge in [-0.3, -0.25) is 9.59 Å². The van der Waals surface area contributed by atoms with Crippen molar-refractivity contribution in [3.8, 4) is 0 Å². The zero-order valence-corrected chi connectivity index (χ0v) is 22.8. The quantitative estimate of drug-likeness (QED) is 0.425.